The lowest BCUT2D eigenvalue weighted by atomic mass is 9.73. The molecule has 1 atom stereocenters. The van der Waals surface area contributed by atoms with Gasteiger partial charge in [-0.05, 0) is 18.4 Å². The Bertz CT molecular complexity index is 386. The Morgan fingerprint density at radius 3 is 2.15 bits per heavy atom. The highest BCUT2D eigenvalue weighted by atomic mass is 16.4. The maximum Gasteiger partial charge on any atom is 0.314 e. The average Bonchev–Trinajstić information content (AvgIpc) is 2.46. The summed E-state index contributed by atoms with van der Waals surface area (Å²) in [5.74, 6) is -0.666. The summed E-state index contributed by atoms with van der Waals surface area (Å²) >= 11 is 0. The molecule has 0 bridgehead atoms. The SMILES string of the molecule is CCCCCCCC(CCC)(C(=O)O)c1ccccc1. The van der Waals surface area contributed by atoms with Crippen LogP contribution in [0.25, 0.3) is 0 Å². The Hall–Kier alpha value is -1.31. The van der Waals surface area contributed by atoms with Crippen LogP contribution in [-0.2, 0) is 10.2 Å². The maximum absolute atomic E-state index is 11.9. The predicted molar refractivity (Wildman–Crippen MR) is 84.0 cm³/mol. The van der Waals surface area contributed by atoms with Gasteiger partial charge >= 0.3 is 5.97 Å². The normalized spacial score (nSPS) is 13.9. The predicted octanol–water partition coefficient (Wildman–Crippen LogP) is 5.17. The maximum atomic E-state index is 11.9. The van der Waals surface area contributed by atoms with E-state index in [4.69, 9.17) is 0 Å². The lowest BCUT2D eigenvalue weighted by Gasteiger charge is -2.30. The standard InChI is InChI=1S/C18H28O2/c1-3-5-6-7-11-15-18(14-4-2,17(19)20)16-12-9-8-10-13-16/h8-10,12-13H,3-7,11,14-15H2,1-2H3,(H,19,20). The quantitative estimate of drug-likeness (QED) is 0.599. The van der Waals surface area contributed by atoms with Crippen LogP contribution < -0.4 is 0 Å². The van der Waals surface area contributed by atoms with E-state index < -0.39 is 11.4 Å². The molecule has 0 saturated carbocycles. The van der Waals surface area contributed by atoms with Gasteiger partial charge in [0.15, 0.2) is 0 Å². The molecule has 0 aliphatic heterocycles. The molecular formula is C18H28O2. The molecule has 0 fully saturated rings. The zero-order valence-corrected chi connectivity index (χ0v) is 12.9. The van der Waals surface area contributed by atoms with Gasteiger partial charge in [0.05, 0.1) is 5.41 Å². The van der Waals surface area contributed by atoms with Crippen molar-refractivity contribution in [1.82, 2.24) is 0 Å². The van der Waals surface area contributed by atoms with Gasteiger partial charge in [-0.15, -0.1) is 0 Å². The van der Waals surface area contributed by atoms with E-state index in [9.17, 15) is 9.90 Å². The summed E-state index contributed by atoms with van der Waals surface area (Å²) in [6, 6.07) is 9.77. The van der Waals surface area contributed by atoms with Crippen molar-refractivity contribution in [2.24, 2.45) is 0 Å². The molecule has 0 aliphatic carbocycles. The fourth-order valence-corrected chi connectivity index (χ4v) is 2.97. The molecule has 0 radical (unpaired) electrons. The van der Waals surface area contributed by atoms with E-state index in [1.54, 1.807) is 0 Å². The van der Waals surface area contributed by atoms with Crippen LogP contribution in [0, 0.1) is 0 Å². The first kappa shape index (κ1) is 16.7. The number of benzene rings is 1. The van der Waals surface area contributed by atoms with Crippen molar-refractivity contribution in [1.29, 1.82) is 0 Å². The first-order chi connectivity index (χ1) is 9.67. The fraction of sp³-hybridized carbons (Fsp3) is 0.611. The van der Waals surface area contributed by atoms with Gasteiger partial charge in [-0.25, -0.2) is 0 Å². The molecule has 112 valence electrons. The Labute approximate surface area is 123 Å². The summed E-state index contributed by atoms with van der Waals surface area (Å²) in [5.41, 5.74) is 0.271. The van der Waals surface area contributed by atoms with Gasteiger partial charge in [0.25, 0.3) is 0 Å². The van der Waals surface area contributed by atoms with Crippen molar-refractivity contribution >= 4 is 5.97 Å². The summed E-state index contributed by atoms with van der Waals surface area (Å²) in [5, 5.41) is 9.81. The van der Waals surface area contributed by atoms with E-state index in [1.165, 1.54) is 19.3 Å². The van der Waals surface area contributed by atoms with Crippen molar-refractivity contribution in [3.8, 4) is 0 Å². The van der Waals surface area contributed by atoms with Crippen LogP contribution in [0.5, 0.6) is 0 Å². The summed E-state index contributed by atoms with van der Waals surface area (Å²) in [6.07, 6.45) is 8.20. The van der Waals surface area contributed by atoms with Crippen LogP contribution in [0.4, 0.5) is 0 Å². The highest BCUT2D eigenvalue weighted by molar-refractivity contribution is 5.81. The van der Waals surface area contributed by atoms with Crippen LogP contribution in [0.3, 0.4) is 0 Å². The Morgan fingerprint density at radius 2 is 1.60 bits per heavy atom. The minimum atomic E-state index is -0.692. The van der Waals surface area contributed by atoms with Crippen molar-refractivity contribution in [3.63, 3.8) is 0 Å². The summed E-state index contributed by atoms with van der Waals surface area (Å²) in [6.45, 7) is 4.26. The third-order valence-electron chi connectivity index (χ3n) is 4.12. The first-order valence-corrected chi connectivity index (χ1v) is 7.96. The number of hydrogen-bond donors (Lipinski definition) is 1. The zero-order chi connectivity index (χ0) is 14.8. The second-order valence-corrected chi connectivity index (χ2v) is 5.67. The summed E-state index contributed by atoms with van der Waals surface area (Å²) in [4.78, 5) is 11.9. The number of carboxylic acids is 1. The Kier molecular flexibility index (Phi) is 7.35. The third kappa shape index (κ3) is 4.36. The lowest BCUT2D eigenvalue weighted by Crippen LogP contribution is -2.35. The monoisotopic (exact) mass is 276 g/mol. The van der Waals surface area contributed by atoms with E-state index in [1.807, 2.05) is 30.3 Å². The molecule has 1 aromatic carbocycles. The number of aliphatic carboxylic acids is 1. The third-order valence-corrected chi connectivity index (χ3v) is 4.12. The van der Waals surface area contributed by atoms with Gasteiger partial charge < -0.3 is 5.11 Å². The molecule has 0 heterocycles. The molecule has 0 amide bonds. The van der Waals surface area contributed by atoms with Gasteiger partial charge in [0, 0.05) is 0 Å². The van der Waals surface area contributed by atoms with E-state index in [2.05, 4.69) is 13.8 Å². The zero-order valence-electron chi connectivity index (χ0n) is 12.9. The largest absolute Gasteiger partial charge is 0.481 e. The first-order valence-electron chi connectivity index (χ1n) is 7.96. The van der Waals surface area contributed by atoms with E-state index in [0.717, 1.165) is 37.7 Å². The summed E-state index contributed by atoms with van der Waals surface area (Å²) in [7, 11) is 0. The van der Waals surface area contributed by atoms with Gasteiger partial charge in [0.2, 0.25) is 0 Å². The molecular weight excluding hydrogens is 248 g/mol. The van der Waals surface area contributed by atoms with Crippen molar-refractivity contribution in [2.75, 3.05) is 0 Å². The Balaban J connectivity index is 2.81. The smallest absolute Gasteiger partial charge is 0.314 e. The van der Waals surface area contributed by atoms with E-state index >= 15 is 0 Å². The molecule has 1 unspecified atom stereocenters. The van der Waals surface area contributed by atoms with Crippen LogP contribution in [-0.4, -0.2) is 11.1 Å². The minimum Gasteiger partial charge on any atom is -0.481 e. The highest BCUT2D eigenvalue weighted by Crippen LogP contribution is 2.35. The lowest BCUT2D eigenvalue weighted by molar-refractivity contribution is -0.144. The van der Waals surface area contributed by atoms with E-state index in [0.29, 0.717) is 0 Å². The van der Waals surface area contributed by atoms with Crippen LogP contribution in [0.1, 0.15) is 70.8 Å². The average molecular weight is 276 g/mol. The van der Waals surface area contributed by atoms with Crippen LogP contribution in [0.15, 0.2) is 30.3 Å². The van der Waals surface area contributed by atoms with Gasteiger partial charge in [-0.2, -0.15) is 0 Å². The minimum absolute atomic E-state index is 0.666. The number of hydrogen-bond acceptors (Lipinski definition) is 1. The molecule has 1 N–H and O–H groups in total. The van der Waals surface area contributed by atoms with Crippen molar-refractivity contribution in [3.05, 3.63) is 35.9 Å². The fourth-order valence-electron chi connectivity index (χ4n) is 2.97. The van der Waals surface area contributed by atoms with Crippen molar-refractivity contribution in [2.45, 2.75) is 70.6 Å². The topological polar surface area (TPSA) is 37.3 Å². The number of rotatable bonds is 10. The van der Waals surface area contributed by atoms with Gasteiger partial charge in [-0.3, -0.25) is 4.79 Å². The van der Waals surface area contributed by atoms with Crippen molar-refractivity contribution < 1.29 is 9.90 Å². The molecule has 2 heteroatoms. The summed E-state index contributed by atoms with van der Waals surface area (Å²) < 4.78 is 0. The molecule has 0 saturated heterocycles. The molecule has 1 rings (SSSR count). The van der Waals surface area contributed by atoms with Gasteiger partial charge in [0.1, 0.15) is 0 Å². The van der Waals surface area contributed by atoms with Crippen LogP contribution in [0.2, 0.25) is 0 Å². The molecule has 20 heavy (non-hydrogen) atoms. The second-order valence-electron chi connectivity index (χ2n) is 5.67. The van der Waals surface area contributed by atoms with Gasteiger partial charge in [-0.1, -0.05) is 82.7 Å². The molecule has 1 aromatic rings. The number of carbonyl (C=O) groups is 1. The molecule has 2 nitrogen and oxygen atoms in total. The van der Waals surface area contributed by atoms with E-state index in [-0.39, 0.29) is 0 Å². The highest BCUT2D eigenvalue weighted by Gasteiger charge is 2.38. The number of carboxylic acid groups (broad SMARTS) is 1. The molecule has 0 aromatic heterocycles. The number of unbranched alkanes of at least 4 members (excludes halogenated alkanes) is 4. The Morgan fingerprint density at radius 1 is 0.950 bits per heavy atom. The second kappa shape index (κ2) is 8.78. The molecule has 0 spiro atoms. The molecule has 0 aliphatic rings. The van der Waals surface area contributed by atoms with Crippen LogP contribution >= 0.6 is 0 Å².